The second-order valence-corrected chi connectivity index (χ2v) is 4.59. The summed E-state index contributed by atoms with van der Waals surface area (Å²) in [6.07, 6.45) is 0. The number of carbonyl (C=O) groups is 1. The molecule has 1 amide bonds. The van der Waals surface area contributed by atoms with Gasteiger partial charge in [-0.15, -0.1) is 0 Å². The summed E-state index contributed by atoms with van der Waals surface area (Å²) in [5.41, 5.74) is 12.8. The van der Waals surface area contributed by atoms with Crippen LogP contribution in [0.5, 0.6) is 0 Å². The number of nitrogens with one attached hydrogen (secondary N) is 2. The SMILES string of the molecule is Nc1ccc(Br)cc1C(=O)NNc1ccccc1. The number of nitrogen functional groups attached to an aromatic ring is 1. The molecule has 0 atom stereocenters. The van der Waals surface area contributed by atoms with Gasteiger partial charge in [-0.2, -0.15) is 0 Å². The van der Waals surface area contributed by atoms with Crippen LogP contribution in [0.25, 0.3) is 0 Å². The molecule has 0 bridgehead atoms. The maximum atomic E-state index is 11.9. The van der Waals surface area contributed by atoms with Crippen molar-refractivity contribution in [2.45, 2.75) is 0 Å². The molecule has 4 nitrogen and oxygen atoms in total. The van der Waals surface area contributed by atoms with Gasteiger partial charge in [0.15, 0.2) is 0 Å². The molecule has 0 heterocycles. The first kappa shape index (κ1) is 12.4. The first-order chi connectivity index (χ1) is 8.66. The van der Waals surface area contributed by atoms with Gasteiger partial charge in [-0.3, -0.25) is 15.6 Å². The van der Waals surface area contributed by atoms with Crippen LogP contribution in [-0.2, 0) is 0 Å². The molecule has 0 aromatic heterocycles. The number of anilines is 2. The molecule has 2 rings (SSSR count). The highest BCUT2D eigenvalue weighted by atomic mass is 79.9. The van der Waals surface area contributed by atoms with E-state index >= 15 is 0 Å². The zero-order chi connectivity index (χ0) is 13.0. The number of halogens is 1. The average molecular weight is 306 g/mol. The summed E-state index contributed by atoms with van der Waals surface area (Å²) < 4.78 is 0.807. The van der Waals surface area contributed by atoms with Gasteiger partial charge in [0.1, 0.15) is 0 Å². The van der Waals surface area contributed by atoms with Crippen LogP contribution in [0.2, 0.25) is 0 Å². The summed E-state index contributed by atoms with van der Waals surface area (Å²) in [7, 11) is 0. The summed E-state index contributed by atoms with van der Waals surface area (Å²) in [4.78, 5) is 11.9. The summed E-state index contributed by atoms with van der Waals surface area (Å²) in [6, 6.07) is 14.5. The molecule has 4 N–H and O–H groups in total. The Morgan fingerprint density at radius 1 is 1.11 bits per heavy atom. The number of hydrogen-bond acceptors (Lipinski definition) is 3. The lowest BCUT2D eigenvalue weighted by molar-refractivity contribution is 0.0963. The molecule has 0 aliphatic carbocycles. The second-order valence-electron chi connectivity index (χ2n) is 3.68. The van der Waals surface area contributed by atoms with Crippen LogP contribution in [0, 0.1) is 0 Å². The Hall–Kier alpha value is -2.01. The topological polar surface area (TPSA) is 67.2 Å². The van der Waals surface area contributed by atoms with Gasteiger partial charge < -0.3 is 5.73 Å². The molecule has 0 aliphatic heterocycles. The number of para-hydroxylation sites is 1. The zero-order valence-electron chi connectivity index (χ0n) is 9.48. The van der Waals surface area contributed by atoms with Crippen molar-refractivity contribution in [2.24, 2.45) is 0 Å². The third-order valence-electron chi connectivity index (χ3n) is 2.35. The van der Waals surface area contributed by atoms with E-state index in [9.17, 15) is 4.79 Å². The fourth-order valence-electron chi connectivity index (χ4n) is 1.44. The van der Waals surface area contributed by atoms with E-state index in [-0.39, 0.29) is 5.91 Å². The van der Waals surface area contributed by atoms with E-state index in [4.69, 9.17) is 5.73 Å². The van der Waals surface area contributed by atoms with Crippen molar-refractivity contribution in [1.29, 1.82) is 0 Å². The molecule has 18 heavy (non-hydrogen) atoms. The Labute approximate surface area is 113 Å². The molecule has 0 spiro atoms. The minimum absolute atomic E-state index is 0.280. The molecular weight excluding hydrogens is 294 g/mol. The minimum Gasteiger partial charge on any atom is -0.398 e. The molecule has 0 radical (unpaired) electrons. The first-order valence-corrected chi connectivity index (χ1v) is 6.12. The summed E-state index contributed by atoms with van der Waals surface area (Å²) in [6.45, 7) is 0. The van der Waals surface area contributed by atoms with Crippen LogP contribution in [-0.4, -0.2) is 5.91 Å². The number of hydrazine groups is 1. The highest BCUT2D eigenvalue weighted by molar-refractivity contribution is 9.10. The maximum Gasteiger partial charge on any atom is 0.271 e. The first-order valence-electron chi connectivity index (χ1n) is 5.33. The Bertz CT molecular complexity index is 557. The van der Waals surface area contributed by atoms with Crippen LogP contribution >= 0.6 is 15.9 Å². The number of rotatable bonds is 3. The summed E-state index contributed by atoms with van der Waals surface area (Å²) >= 11 is 3.30. The summed E-state index contributed by atoms with van der Waals surface area (Å²) in [5, 5.41) is 0. The Morgan fingerprint density at radius 2 is 1.83 bits per heavy atom. The number of nitrogens with two attached hydrogens (primary N) is 1. The maximum absolute atomic E-state index is 11.9. The molecule has 2 aromatic rings. The van der Waals surface area contributed by atoms with Gasteiger partial charge in [-0.05, 0) is 30.3 Å². The van der Waals surface area contributed by atoms with Crippen molar-refractivity contribution in [3.63, 3.8) is 0 Å². The Kier molecular flexibility index (Phi) is 3.84. The quantitative estimate of drug-likeness (QED) is 0.603. The van der Waals surface area contributed by atoms with Crippen LogP contribution in [0.1, 0.15) is 10.4 Å². The van der Waals surface area contributed by atoms with Crippen molar-refractivity contribution < 1.29 is 4.79 Å². The molecule has 0 fully saturated rings. The lowest BCUT2D eigenvalue weighted by atomic mass is 10.2. The normalized spacial score (nSPS) is 9.83. The third-order valence-corrected chi connectivity index (χ3v) is 2.85. The molecule has 5 heteroatoms. The molecule has 0 saturated heterocycles. The van der Waals surface area contributed by atoms with Gasteiger partial charge in [-0.25, -0.2) is 0 Å². The summed E-state index contributed by atoms with van der Waals surface area (Å²) in [5.74, 6) is -0.280. The van der Waals surface area contributed by atoms with E-state index in [1.165, 1.54) is 0 Å². The predicted molar refractivity (Wildman–Crippen MR) is 76.1 cm³/mol. The second kappa shape index (κ2) is 5.55. The van der Waals surface area contributed by atoms with E-state index in [0.717, 1.165) is 10.2 Å². The van der Waals surface area contributed by atoms with E-state index in [0.29, 0.717) is 11.3 Å². The lowest BCUT2D eigenvalue weighted by Gasteiger charge is -2.10. The van der Waals surface area contributed by atoms with Crippen molar-refractivity contribution in [3.8, 4) is 0 Å². The van der Waals surface area contributed by atoms with Gasteiger partial charge in [0.2, 0.25) is 0 Å². The van der Waals surface area contributed by atoms with Gasteiger partial charge in [0, 0.05) is 10.2 Å². The Morgan fingerprint density at radius 3 is 2.56 bits per heavy atom. The van der Waals surface area contributed by atoms with Crippen LogP contribution in [0.4, 0.5) is 11.4 Å². The number of benzene rings is 2. The van der Waals surface area contributed by atoms with E-state index < -0.39 is 0 Å². The molecule has 0 aliphatic rings. The van der Waals surface area contributed by atoms with E-state index in [1.54, 1.807) is 18.2 Å². The van der Waals surface area contributed by atoms with Crippen molar-refractivity contribution in [2.75, 3.05) is 11.2 Å². The minimum atomic E-state index is -0.280. The van der Waals surface area contributed by atoms with Crippen LogP contribution < -0.4 is 16.6 Å². The molecule has 92 valence electrons. The number of amides is 1. The molecule has 0 unspecified atom stereocenters. The van der Waals surface area contributed by atoms with Crippen molar-refractivity contribution >= 4 is 33.2 Å². The zero-order valence-corrected chi connectivity index (χ0v) is 11.1. The standard InChI is InChI=1S/C13H12BrN3O/c14-9-6-7-12(15)11(8-9)13(18)17-16-10-4-2-1-3-5-10/h1-8,16H,15H2,(H,17,18). The van der Waals surface area contributed by atoms with Crippen molar-refractivity contribution in [1.82, 2.24) is 5.43 Å². The van der Waals surface area contributed by atoms with Crippen LogP contribution in [0.3, 0.4) is 0 Å². The van der Waals surface area contributed by atoms with E-state index in [2.05, 4.69) is 26.8 Å². The Balaban J connectivity index is 2.06. The van der Waals surface area contributed by atoms with Crippen molar-refractivity contribution in [3.05, 3.63) is 58.6 Å². The largest absolute Gasteiger partial charge is 0.398 e. The van der Waals surface area contributed by atoms with E-state index in [1.807, 2.05) is 30.3 Å². The number of hydrogen-bond donors (Lipinski definition) is 3. The lowest BCUT2D eigenvalue weighted by Crippen LogP contribution is -2.29. The fraction of sp³-hybridized carbons (Fsp3) is 0. The monoisotopic (exact) mass is 305 g/mol. The van der Waals surface area contributed by atoms with Gasteiger partial charge in [-0.1, -0.05) is 34.1 Å². The molecular formula is C13H12BrN3O. The molecule has 0 saturated carbocycles. The predicted octanol–water partition coefficient (Wildman–Crippen LogP) is 2.79. The highest BCUT2D eigenvalue weighted by Crippen LogP contribution is 2.18. The van der Waals surface area contributed by atoms with Crippen LogP contribution in [0.15, 0.2) is 53.0 Å². The highest BCUT2D eigenvalue weighted by Gasteiger charge is 2.09. The molecule has 2 aromatic carbocycles. The number of carbonyl (C=O) groups excluding carboxylic acids is 1. The third kappa shape index (κ3) is 3.01. The van der Waals surface area contributed by atoms with Gasteiger partial charge in [0.25, 0.3) is 5.91 Å². The fourth-order valence-corrected chi connectivity index (χ4v) is 1.80. The van der Waals surface area contributed by atoms with Gasteiger partial charge in [0.05, 0.1) is 11.3 Å². The average Bonchev–Trinajstić information content (AvgIpc) is 2.40. The smallest absolute Gasteiger partial charge is 0.271 e. The van der Waals surface area contributed by atoms with Gasteiger partial charge >= 0.3 is 0 Å².